The fourth-order valence-electron chi connectivity index (χ4n) is 4.03. The van der Waals surface area contributed by atoms with E-state index in [1.165, 1.54) is 0 Å². The number of carbonyl (C=O) groups is 1. The number of rotatable bonds is 5. The Balaban J connectivity index is 2.14. The molecule has 0 aliphatic heterocycles. The van der Waals surface area contributed by atoms with Gasteiger partial charge in [0.05, 0.1) is 6.10 Å². The van der Waals surface area contributed by atoms with E-state index in [1.54, 1.807) is 0 Å². The molecule has 0 spiro atoms. The maximum absolute atomic E-state index is 14.1. The minimum Gasteiger partial charge on any atom is -0.480 e. The minimum atomic E-state index is -1.49. The van der Waals surface area contributed by atoms with E-state index in [1.807, 2.05) is 0 Å². The number of nitrogens with two attached hydrogens (primary N) is 1. The van der Waals surface area contributed by atoms with Crippen LogP contribution in [0.4, 0.5) is 4.39 Å². The van der Waals surface area contributed by atoms with Gasteiger partial charge in [0.25, 0.3) is 0 Å². The van der Waals surface area contributed by atoms with Crippen molar-refractivity contribution in [2.45, 2.75) is 49.8 Å². The van der Waals surface area contributed by atoms with E-state index in [-0.39, 0.29) is 25.1 Å². The van der Waals surface area contributed by atoms with Crippen LogP contribution in [0.25, 0.3) is 0 Å². The fourth-order valence-corrected chi connectivity index (χ4v) is 4.03. The highest BCUT2D eigenvalue weighted by Gasteiger charge is 2.61. The van der Waals surface area contributed by atoms with Crippen LogP contribution >= 0.6 is 0 Å². The van der Waals surface area contributed by atoms with E-state index >= 15 is 0 Å². The van der Waals surface area contributed by atoms with Gasteiger partial charge in [0.15, 0.2) is 0 Å². The molecular weight excluding hydrogens is 268 g/mol. The Morgan fingerprint density at radius 3 is 2.65 bits per heavy atom. The van der Waals surface area contributed by atoms with E-state index in [2.05, 4.69) is 0 Å². The number of fused-ring (bicyclic) bond motifs is 1. The first-order valence-corrected chi connectivity index (χ1v) is 6.98. The average Bonchev–Trinajstić information content (AvgIpc) is 2.76. The van der Waals surface area contributed by atoms with E-state index in [9.17, 15) is 19.4 Å². The van der Waals surface area contributed by atoms with Gasteiger partial charge in [-0.15, -0.1) is 0 Å². The largest absolute Gasteiger partial charge is 0.480 e. The highest BCUT2D eigenvalue weighted by Crippen LogP contribution is 2.54. The van der Waals surface area contributed by atoms with E-state index in [4.69, 9.17) is 15.8 Å². The van der Waals surface area contributed by atoms with E-state index < -0.39 is 42.7 Å². The van der Waals surface area contributed by atoms with Crippen molar-refractivity contribution in [3.05, 3.63) is 0 Å². The predicted molar refractivity (Wildman–Crippen MR) is 69.4 cm³/mol. The number of carboxylic acid groups (broad SMARTS) is 1. The monoisotopic (exact) mass is 289 g/mol. The van der Waals surface area contributed by atoms with Gasteiger partial charge in [-0.05, 0) is 37.4 Å². The van der Waals surface area contributed by atoms with Gasteiger partial charge in [-0.2, -0.15) is 0 Å². The molecule has 114 valence electrons. The molecule has 2 saturated carbocycles. The summed E-state index contributed by atoms with van der Waals surface area (Å²) in [5.41, 5.74) is 4.50. The zero-order valence-electron chi connectivity index (χ0n) is 11.2. The maximum atomic E-state index is 14.1. The van der Waals surface area contributed by atoms with E-state index in [0.717, 1.165) is 0 Å². The normalized spacial score (nSPS) is 43.5. The van der Waals surface area contributed by atoms with Crippen molar-refractivity contribution in [2.24, 2.45) is 23.5 Å². The second-order valence-electron chi connectivity index (χ2n) is 6.15. The summed E-state index contributed by atoms with van der Waals surface area (Å²) >= 11 is 0. The molecule has 2 aliphatic carbocycles. The number of carboxylic acids is 1. The Morgan fingerprint density at radius 1 is 1.45 bits per heavy atom. The van der Waals surface area contributed by atoms with Crippen LogP contribution in [0, 0.1) is 17.8 Å². The van der Waals surface area contributed by atoms with Crippen LogP contribution < -0.4 is 5.73 Å². The van der Waals surface area contributed by atoms with Crippen molar-refractivity contribution in [1.29, 1.82) is 0 Å². The Labute approximate surface area is 116 Å². The molecule has 6 unspecified atom stereocenters. The fraction of sp³-hybridized carbons (Fsp3) is 0.917. The molecule has 2 rings (SSSR count). The van der Waals surface area contributed by atoms with Crippen LogP contribution in [-0.4, -0.2) is 51.2 Å². The Hall–Kier alpha value is -0.695. The molecule has 0 aromatic carbocycles. The lowest BCUT2D eigenvalue weighted by atomic mass is 9.75. The van der Waals surface area contributed by atoms with Crippen LogP contribution in [0.3, 0.4) is 0 Å². The van der Waals surface area contributed by atoms with Crippen molar-refractivity contribution < 1.29 is 29.4 Å². The number of aliphatic hydroxyl groups is 1. The third kappa shape index (κ3) is 2.57. The van der Waals surface area contributed by atoms with Crippen LogP contribution in [0.1, 0.15) is 25.7 Å². The lowest BCUT2D eigenvalue weighted by Gasteiger charge is -2.31. The molecule has 6 nitrogen and oxygen atoms in total. The molecule has 0 aromatic rings. The molecule has 6 N–H and O–H groups in total. The van der Waals surface area contributed by atoms with Crippen molar-refractivity contribution in [3.8, 4) is 0 Å². The van der Waals surface area contributed by atoms with Gasteiger partial charge in [0.1, 0.15) is 11.7 Å². The topological polar surface area (TPSA) is 124 Å². The molecule has 8 heteroatoms. The van der Waals surface area contributed by atoms with Gasteiger partial charge >= 0.3 is 13.1 Å². The predicted octanol–water partition coefficient (Wildman–Crippen LogP) is -0.624. The molecule has 0 radical (unpaired) electrons. The minimum absolute atomic E-state index is 0.100. The number of aliphatic carboxylic acids is 1. The first-order valence-electron chi connectivity index (χ1n) is 6.98. The zero-order valence-corrected chi connectivity index (χ0v) is 11.2. The van der Waals surface area contributed by atoms with Crippen molar-refractivity contribution in [1.82, 2.24) is 0 Å². The summed E-state index contributed by atoms with van der Waals surface area (Å²) in [6.07, 6.45) is -1.31. The molecule has 0 aromatic heterocycles. The Morgan fingerprint density at radius 2 is 2.10 bits per heavy atom. The van der Waals surface area contributed by atoms with Gasteiger partial charge in [-0.3, -0.25) is 4.79 Å². The number of halogens is 1. The first-order chi connectivity index (χ1) is 9.27. The molecular formula is C12H21BFNO5. The number of alkyl halides is 1. The molecule has 0 amide bonds. The standard InChI is InChI=1S/C12H21BFNO5/c14-10-8(16)4-6-5-12(15,11(17)18)7(9(6)10)2-1-3-13(19)20/h6-10,16,19-20H,1-5,15H2,(H,17,18). The Bertz CT molecular complexity index is 385. The van der Waals surface area contributed by atoms with E-state index in [0.29, 0.717) is 12.8 Å². The van der Waals surface area contributed by atoms with Crippen molar-refractivity contribution >= 4 is 13.1 Å². The molecule has 2 fully saturated rings. The summed E-state index contributed by atoms with van der Waals surface area (Å²) < 4.78 is 14.1. The summed E-state index contributed by atoms with van der Waals surface area (Å²) in [5, 5.41) is 36.6. The first kappa shape index (κ1) is 15.7. The summed E-state index contributed by atoms with van der Waals surface area (Å²) in [7, 11) is -1.46. The lowest BCUT2D eigenvalue weighted by Crippen LogP contribution is -2.53. The number of hydrogen-bond donors (Lipinski definition) is 5. The van der Waals surface area contributed by atoms with Gasteiger partial charge < -0.3 is 26.0 Å². The van der Waals surface area contributed by atoms with Gasteiger partial charge in [-0.1, -0.05) is 6.42 Å². The second-order valence-corrected chi connectivity index (χ2v) is 6.15. The van der Waals surface area contributed by atoms with Gasteiger partial charge in [-0.25, -0.2) is 4.39 Å². The quantitative estimate of drug-likeness (QED) is 0.430. The molecule has 6 atom stereocenters. The number of hydrogen-bond acceptors (Lipinski definition) is 5. The van der Waals surface area contributed by atoms with Crippen LogP contribution in [0.15, 0.2) is 0 Å². The van der Waals surface area contributed by atoms with Gasteiger partial charge in [0.2, 0.25) is 0 Å². The third-order valence-corrected chi connectivity index (χ3v) is 4.93. The number of aliphatic hydroxyl groups excluding tert-OH is 1. The van der Waals surface area contributed by atoms with Crippen LogP contribution in [0.5, 0.6) is 0 Å². The molecule has 20 heavy (non-hydrogen) atoms. The van der Waals surface area contributed by atoms with Crippen molar-refractivity contribution in [3.63, 3.8) is 0 Å². The zero-order chi connectivity index (χ0) is 15.1. The highest BCUT2D eigenvalue weighted by molar-refractivity contribution is 6.40. The highest BCUT2D eigenvalue weighted by atomic mass is 19.1. The van der Waals surface area contributed by atoms with Crippen LogP contribution in [-0.2, 0) is 4.79 Å². The van der Waals surface area contributed by atoms with Crippen LogP contribution in [0.2, 0.25) is 6.32 Å². The van der Waals surface area contributed by atoms with Crippen molar-refractivity contribution in [2.75, 3.05) is 0 Å². The summed E-state index contributed by atoms with van der Waals surface area (Å²) in [6.45, 7) is 0. The maximum Gasteiger partial charge on any atom is 0.451 e. The van der Waals surface area contributed by atoms with Gasteiger partial charge in [0, 0.05) is 5.92 Å². The molecule has 2 aliphatic rings. The SMILES string of the molecule is NC1(C(=O)O)CC2CC(O)C(F)C2C1CCCB(O)O. The molecule has 0 saturated heterocycles. The third-order valence-electron chi connectivity index (χ3n) is 4.93. The smallest absolute Gasteiger partial charge is 0.451 e. The molecule has 0 bridgehead atoms. The summed E-state index contributed by atoms with van der Waals surface area (Å²) in [6, 6.07) is 0. The average molecular weight is 289 g/mol. The molecule has 0 heterocycles. The summed E-state index contributed by atoms with van der Waals surface area (Å²) in [5.74, 6) is -2.51. The lowest BCUT2D eigenvalue weighted by molar-refractivity contribution is -0.145. The second kappa shape index (κ2) is 5.59. The summed E-state index contributed by atoms with van der Waals surface area (Å²) in [4.78, 5) is 11.4. The Kier molecular flexibility index (Phi) is 4.39.